The van der Waals surface area contributed by atoms with E-state index in [-0.39, 0.29) is 11.0 Å². The van der Waals surface area contributed by atoms with Gasteiger partial charge < -0.3 is 5.32 Å². The number of amides is 1. The number of halogens is 2. The van der Waals surface area contributed by atoms with E-state index >= 15 is 0 Å². The van der Waals surface area contributed by atoms with Crippen molar-refractivity contribution >= 4 is 11.7 Å². The summed E-state index contributed by atoms with van der Waals surface area (Å²) in [6.45, 7) is -0.500. The van der Waals surface area contributed by atoms with E-state index in [1.54, 1.807) is 0 Å². The number of Topliss-reactive ketones (excluding diaryl/α,β-unsaturated/α-hetero) is 1. The van der Waals surface area contributed by atoms with Crippen molar-refractivity contribution in [1.29, 1.82) is 0 Å². The molecule has 1 aliphatic rings. The summed E-state index contributed by atoms with van der Waals surface area (Å²) in [6, 6.07) is 10.3. The SMILES string of the molecule is O=C(CNC(=O)C(F)F)c1cnc(CC2(c3ccccc3)CCC2)nc1. The molecule has 0 bridgehead atoms. The molecule has 136 valence electrons. The maximum Gasteiger partial charge on any atom is 0.315 e. The quantitative estimate of drug-likeness (QED) is 0.772. The first kappa shape index (κ1) is 18.1. The van der Waals surface area contributed by atoms with Gasteiger partial charge >= 0.3 is 6.43 Å². The number of benzene rings is 1. The van der Waals surface area contributed by atoms with Crippen molar-refractivity contribution in [2.45, 2.75) is 37.5 Å². The van der Waals surface area contributed by atoms with Gasteiger partial charge in [-0.3, -0.25) is 9.59 Å². The number of carbonyl (C=O) groups is 2. The molecule has 1 fully saturated rings. The summed E-state index contributed by atoms with van der Waals surface area (Å²) in [6.07, 6.45) is 3.62. The average Bonchev–Trinajstić information content (AvgIpc) is 2.63. The highest BCUT2D eigenvalue weighted by atomic mass is 19.3. The van der Waals surface area contributed by atoms with Crippen LogP contribution in [0.3, 0.4) is 0 Å². The van der Waals surface area contributed by atoms with Crippen molar-refractivity contribution < 1.29 is 18.4 Å². The minimum absolute atomic E-state index is 0.0397. The predicted octanol–water partition coefficient (Wildman–Crippen LogP) is 2.71. The van der Waals surface area contributed by atoms with Crippen molar-refractivity contribution in [2.75, 3.05) is 6.54 Å². The highest BCUT2D eigenvalue weighted by Crippen LogP contribution is 2.45. The molecule has 0 spiro atoms. The molecule has 1 aromatic heterocycles. The molecular weight excluding hydrogens is 340 g/mol. The summed E-state index contributed by atoms with van der Waals surface area (Å²) >= 11 is 0. The van der Waals surface area contributed by atoms with Crippen LogP contribution in [-0.2, 0) is 16.6 Å². The standard InChI is InChI=1S/C19H19F2N3O2/c20-17(21)18(26)24-12-15(25)13-10-22-16(23-11-13)9-19(7-4-8-19)14-5-2-1-3-6-14/h1-3,5-6,10-11,17H,4,7-9,12H2,(H,24,26). The van der Waals surface area contributed by atoms with Crippen LogP contribution in [0.5, 0.6) is 0 Å². The number of nitrogens with zero attached hydrogens (tertiary/aromatic N) is 2. The highest BCUT2D eigenvalue weighted by Gasteiger charge is 2.39. The second-order valence-electron chi connectivity index (χ2n) is 6.51. The lowest BCUT2D eigenvalue weighted by Gasteiger charge is -2.42. The fraction of sp³-hybridized carbons (Fsp3) is 0.368. The summed E-state index contributed by atoms with van der Waals surface area (Å²) in [5.41, 5.74) is 1.49. The number of alkyl halides is 2. The van der Waals surface area contributed by atoms with Crippen LogP contribution in [0.2, 0.25) is 0 Å². The molecule has 1 saturated carbocycles. The van der Waals surface area contributed by atoms with Gasteiger partial charge in [-0.25, -0.2) is 9.97 Å². The highest BCUT2D eigenvalue weighted by molar-refractivity contribution is 5.99. The maximum atomic E-state index is 12.1. The Morgan fingerprint density at radius 2 is 1.77 bits per heavy atom. The minimum atomic E-state index is -3.14. The Kier molecular flexibility index (Phi) is 5.35. The third-order valence-electron chi connectivity index (χ3n) is 4.84. The fourth-order valence-electron chi connectivity index (χ4n) is 3.20. The zero-order valence-corrected chi connectivity index (χ0v) is 14.1. The molecule has 0 aliphatic heterocycles. The Morgan fingerprint density at radius 3 is 2.31 bits per heavy atom. The molecule has 26 heavy (non-hydrogen) atoms. The number of carbonyl (C=O) groups excluding carboxylic acids is 2. The summed E-state index contributed by atoms with van der Waals surface area (Å²) < 4.78 is 24.2. The van der Waals surface area contributed by atoms with E-state index in [9.17, 15) is 18.4 Å². The number of hydrogen-bond acceptors (Lipinski definition) is 4. The van der Waals surface area contributed by atoms with E-state index < -0.39 is 24.7 Å². The van der Waals surface area contributed by atoms with E-state index in [0.717, 1.165) is 19.3 Å². The van der Waals surface area contributed by atoms with Gasteiger partial charge in [-0.1, -0.05) is 36.8 Å². The summed E-state index contributed by atoms with van der Waals surface area (Å²) in [5.74, 6) is -1.33. The van der Waals surface area contributed by atoms with Crippen molar-refractivity contribution in [2.24, 2.45) is 0 Å². The van der Waals surface area contributed by atoms with Gasteiger partial charge in [-0.15, -0.1) is 0 Å². The van der Waals surface area contributed by atoms with Crippen LogP contribution in [0.25, 0.3) is 0 Å². The number of nitrogens with one attached hydrogen (secondary N) is 1. The first-order valence-corrected chi connectivity index (χ1v) is 8.46. The Hall–Kier alpha value is -2.70. The van der Waals surface area contributed by atoms with Crippen LogP contribution < -0.4 is 5.32 Å². The van der Waals surface area contributed by atoms with Crippen molar-refractivity contribution in [1.82, 2.24) is 15.3 Å². The summed E-state index contributed by atoms with van der Waals surface area (Å²) in [5, 5.41) is 1.88. The normalized spacial score (nSPS) is 15.3. The first-order chi connectivity index (χ1) is 12.5. The van der Waals surface area contributed by atoms with E-state index in [2.05, 4.69) is 22.1 Å². The second kappa shape index (κ2) is 7.68. The van der Waals surface area contributed by atoms with Gasteiger partial charge in [-0.05, 0) is 18.4 Å². The summed E-state index contributed by atoms with van der Waals surface area (Å²) in [7, 11) is 0. The Morgan fingerprint density at radius 1 is 1.12 bits per heavy atom. The molecule has 1 N–H and O–H groups in total. The van der Waals surface area contributed by atoms with Crippen molar-refractivity contribution in [3.8, 4) is 0 Å². The van der Waals surface area contributed by atoms with Crippen LogP contribution in [0.4, 0.5) is 8.78 Å². The third kappa shape index (κ3) is 3.92. The van der Waals surface area contributed by atoms with Gasteiger partial charge in [0.1, 0.15) is 5.82 Å². The largest absolute Gasteiger partial charge is 0.344 e. The molecule has 3 rings (SSSR count). The average molecular weight is 359 g/mol. The zero-order valence-electron chi connectivity index (χ0n) is 14.1. The third-order valence-corrected chi connectivity index (χ3v) is 4.84. The lowest BCUT2D eigenvalue weighted by Crippen LogP contribution is -2.37. The molecule has 0 radical (unpaired) electrons. The smallest absolute Gasteiger partial charge is 0.315 e. The molecule has 0 unspecified atom stereocenters. The molecule has 0 atom stereocenters. The van der Waals surface area contributed by atoms with Crippen LogP contribution >= 0.6 is 0 Å². The topological polar surface area (TPSA) is 72.0 Å². The maximum absolute atomic E-state index is 12.1. The Labute approximate surface area is 149 Å². The van der Waals surface area contributed by atoms with E-state index in [0.29, 0.717) is 12.2 Å². The summed E-state index contributed by atoms with van der Waals surface area (Å²) in [4.78, 5) is 31.3. The van der Waals surface area contributed by atoms with Gasteiger partial charge in [0, 0.05) is 24.2 Å². The van der Waals surface area contributed by atoms with E-state index in [4.69, 9.17) is 0 Å². The Balaban J connectivity index is 1.64. The van der Waals surface area contributed by atoms with Crippen LogP contribution in [0.15, 0.2) is 42.7 Å². The monoisotopic (exact) mass is 359 g/mol. The van der Waals surface area contributed by atoms with Gasteiger partial charge in [0.15, 0.2) is 5.78 Å². The van der Waals surface area contributed by atoms with Gasteiger partial charge in [0.25, 0.3) is 5.91 Å². The number of rotatable bonds is 7. The number of ketones is 1. The molecule has 2 aromatic rings. The lowest BCUT2D eigenvalue weighted by molar-refractivity contribution is -0.131. The van der Waals surface area contributed by atoms with Crippen LogP contribution in [0.1, 0.15) is 41.0 Å². The molecule has 7 heteroatoms. The van der Waals surface area contributed by atoms with Gasteiger partial charge in [0.05, 0.1) is 12.1 Å². The first-order valence-electron chi connectivity index (χ1n) is 8.46. The molecule has 1 amide bonds. The molecule has 1 heterocycles. The molecule has 0 saturated heterocycles. The minimum Gasteiger partial charge on any atom is -0.344 e. The van der Waals surface area contributed by atoms with Gasteiger partial charge in [0.2, 0.25) is 0 Å². The molecular formula is C19H19F2N3O2. The van der Waals surface area contributed by atoms with Gasteiger partial charge in [-0.2, -0.15) is 8.78 Å². The van der Waals surface area contributed by atoms with Crippen LogP contribution in [-0.4, -0.2) is 34.6 Å². The Bertz CT molecular complexity index is 775. The van der Waals surface area contributed by atoms with E-state index in [1.165, 1.54) is 18.0 Å². The number of hydrogen-bond donors (Lipinski definition) is 1. The van der Waals surface area contributed by atoms with Crippen molar-refractivity contribution in [3.05, 3.63) is 59.7 Å². The molecule has 1 aliphatic carbocycles. The second-order valence-corrected chi connectivity index (χ2v) is 6.51. The number of aromatic nitrogens is 2. The van der Waals surface area contributed by atoms with Crippen molar-refractivity contribution in [3.63, 3.8) is 0 Å². The molecule has 1 aromatic carbocycles. The lowest BCUT2D eigenvalue weighted by atomic mass is 9.62. The molecule has 5 nitrogen and oxygen atoms in total. The fourth-order valence-corrected chi connectivity index (χ4v) is 3.20. The van der Waals surface area contributed by atoms with E-state index in [1.807, 2.05) is 23.5 Å². The predicted molar refractivity (Wildman–Crippen MR) is 91.1 cm³/mol. The van der Waals surface area contributed by atoms with Crippen LogP contribution in [0, 0.1) is 0 Å². The zero-order chi connectivity index (χ0) is 18.6.